The van der Waals surface area contributed by atoms with E-state index in [1.165, 1.54) is 11.3 Å². The maximum Gasteiger partial charge on any atom is 0.0404 e. The van der Waals surface area contributed by atoms with Gasteiger partial charge in [0.05, 0.1) is 0 Å². The molecular weight excluding hydrogens is 196 g/mol. The third kappa shape index (κ3) is 2.22. The first-order chi connectivity index (χ1) is 7.48. The second-order valence-electron chi connectivity index (χ2n) is 5.76. The summed E-state index contributed by atoms with van der Waals surface area (Å²) < 4.78 is 0. The number of rotatable bonds is 1. The summed E-state index contributed by atoms with van der Waals surface area (Å²) in [6, 6.07) is 9.04. The van der Waals surface area contributed by atoms with Gasteiger partial charge in [0.1, 0.15) is 0 Å². The van der Waals surface area contributed by atoms with E-state index in [0.717, 1.165) is 19.5 Å². The van der Waals surface area contributed by atoms with E-state index in [4.69, 9.17) is 5.73 Å². The minimum absolute atomic E-state index is 0.198. The van der Waals surface area contributed by atoms with Gasteiger partial charge in [-0.15, -0.1) is 0 Å². The minimum Gasteiger partial charge on any atom is -0.370 e. The fourth-order valence-corrected chi connectivity index (χ4v) is 2.39. The number of benzene rings is 1. The average molecular weight is 218 g/mol. The molecule has 1 atom stereocenters. The molecule has 16 heavy (non-hydrogen) atoms. The van der Waals surface area contributed by atoms with Gasteiger partial charge < -0.3 is 10.6 Å². The summed E-state index contributed by atoms with van der Waals surface area (Å²) in [5.74, 6) is 0. The van der Waals surface area contributed by atoms with E-state index in [1.54, 1.807) is 0 Å². The van der Waals surface area contributed by atoms with Crippen LogP contribution in [0.4, 0.5) is 5.69 Å². The Morgan fingerprint density at radius 2 is 1.94 bits per heavy atom. The van der Waals surface area contributed by atoms with E-state index < -0.39 is 0 Å². The maximum absolute atomic E-state index is 5.98. The van der Waals surface area contributed by atoms with Crippen molar-refractivity contribution < 1.29 is 0 Å². The summed E-state index contributed by atoms with van der Waals surface area (Å²) in [4.78, 5) is 2.42. The SMILES string of the molecule is CC(C)(C)c1ccccc1N1CCC(N)C1. The summed E-state index contributed by atoms with van der Waals surface area (Å²) in [5, 5.41) is 0. The second kappa shape index (κ2) is 4.10. The Balaban J connectivity index is 2.34. The van der Waals surface area contributed by atoms with Crippen LogP contribution in [-0.4, -0.2) is 19.1 Å². The normalized spacial score (nSPS) is 21.5. The zero-order valence-corrected chi connectivity index (χ0v) is 10.5. The minimum atomic E-state index is 0.198. The number of hydrogen-bond donors (Lipinski definition) is 1. The molecule has 88 valence electrons. The van der Waals surface area contributed by atoms with Gasteiger partial charge in [-0.05, 0) is 23.5 Å². The van der Waals surface area contributed by atoms with Crippen LogP contribution in [0.5, 0.6) is 0 Å². The molecule has 1 unspecified atom stereocenters. The molecule has 1 aromatic carbocycles. The lowest BCUT2D eigenvalue weighted by Crippen LogP contribution is -2.28. The molecule has 1 fully saturated rings. The van der Waals surface area contributed by atoms with E-state index in [1.807, 2.05) is 0 Å². The Hall–Kier alpha value is -1.02. The summed E-state index contributed by atoms with van der Waals surface area (Å²) in [6.45, 7) is 8.88. The smallest absolute Gasteiger partial charge is 0.0404 e. The van der Waals surface area contributed by atoms with Crippen LogP contribution in [0.2, 0.25) is 0 Å². The first-order valence-electron chi connectivity index (χ1n) is 6.08. The summed E-state index contributed by atoms with van der Waals surface area (Å²) >= 11 is 0. The third-order valence-electron chi connectivity index (χ3n) is 3.28. The highest BCUT2D eigenvalue weighted by Crippen LogP contribution is 2.33. The highest BCUT2D eigenvalue weighted by molar-refractivity contribution is 5.57. The highest BCUT2D eigenvalue weighted by atomic mass is 15.2. The molecule has 0 aromatic heterocycles. The number of nitrogens with two attached hydrogens (primary N) is 1. The van der Waals surface area contributed by atoms with Crippen LogP contribution in [-0.2, 0) is 5.41 Å². The van der Waals surface area contributed by atoms with Crippen LogP contribution >= 0.6 is 0 Å². The van der Waals surface area contributed by atoms with Crippen LogP contribution in [0.15, 0.2) is 24.3 Å². The largest absolute Gasteiger partial charge is 0.370 e. The van der Waals surface area contributed by atoms with E-state index in [0.29, 0.717) is 6.04 Å². The molecule has 1 aliphatic rings. The average Bonchev–Trinajstić information content (AvgIpc) is 2.64. The molecule has 1 aliphatic heterocycles. The van der Waals surface area contributed by atoms with E-state index >= 15 is 0 Å². The van der Waals surface area contributed by atoms with Crippen LogP contribution < -0.4 is 10.6 Å². The van der Waals surface area contributed by atoms with E-state index in [9.17, 15) is 0 Å². The first-order valence-corrected chi connectivity index (χ1v) is 6.08. The van der Waals surface area contributed by atoms with E-state index in [2.05, 4.69) is 49.9 Å². The van der Waals surface area contributed by atoms with Crippen molar-refractivity contribution in [3.8, 4) is 0 Å². The molecule has 1 heterocycles. The van der Waals surface area contributed by atoms with Gasteiger partial charge in [0.15, 0.2) is 0 Å². The molecule has 0 amide bonds. The molecule has 2 rings (SSSR count). The molecule has 0 radical (unpaired) electrons. The van der Waals surface area contributed by atoms with Gasteiger partial charge in [0.2, 0.25) is 0 Å². The van der Waals surface area contributed by atoms with Gasteiger partial charge in [0, 0.05) is 24.8 Å². The van der Waals surface area contributed by atoms with Crippen molar-refractivity contribution >= 4 is 5.69 Å². The maximum atomic E-state index is 5.98. The predicted molar refractivity (Wildman–Crippen MR) is 69.9 cm³/mol. The fraction of sp³-hybridized carbons (Fsp3) is 0.571. The summed E-state index contributed by atoms with van der Waals surface area (Å²) in [5.41, 5.74) is 8.96. The molecule has 1 saturated heterocycles. The molecule has 0 saturated carbocycles. The summed E-state index contributed by atoms with van der Waals surface area (Å²) in [6.07, 6.45) is 1.11. The van der Waals surface area contributed by atoms with Crippen molar-refractivity contribution in [1.29, 1.82) is 0 Å². The molecule has 2 N–H and O–H groups in total. The van der Waals surface area contributed by atoms with Crippen LogP contribution in [0.3, 0.4) is 0 Å². The number of hydrogen-bond acceptors (Lipinski definition) is 2. The van der Waals surface area contributed by atoms with Crippen molar-refractivity contribution in [3.63, 3.8) is 0 Å². The van der Waals surface area contributed by atoms with Crippen molar-refractivity contribution in [3.05, 3.63) is 29.8 Å². The monoisotopic (exact) mass is 218 g/mol. The quantitative estimate of drug-likeness (QED) is 0.785. The van der Waals surface area contributed by atoms with Crippen LogP contribution in [0.25, 0.3) is 0 Å². The fourth-order valence-electron chi connectivity index (χ4n) is 2.39. The Kier molecular flexibility index (Phi) is 2.94. The molecular formula is C14H22N2. The molecule has 0 spiro atoms. The van der Waals surface area contributed by atoms with Crippen LogP contribution in [0, 0.1) is 0 Å². The van der Waals surface area contributed by atoms with Crippen molar-refractivity contribution in [1.82, 2.24) is 0 Å². The lowest BCUT2D eigenvalue weighted by atomic mass is 9.85. The molecule has 0 aliphatic carbocycles. The third-order valence-corrected chi connectivity index (χ3v) is 3.28. The lowest BCUT2D eigenvalue weighted by molar-refractivity contribution is 0.588. The number of para-hydroxylation sites is 1. The van der Waals surface area contributed by atoms with Gasteiger partial charge in [-0.1, -0.05) is 39.0 Å². The second-order valence-corrected chi connectivity index (χ2v) is 5.76. The topological polar surface area (TPSA) is 29.3 Å². The number of nitrogens with zero attached hydrogens (tertiary/aromatic N) is 1. The lowest BCUT2D eigenvalue weighted by Gasteiger charge is -2.28. The van der Waals surface area contributed by atoms with Crippen LogP contribution in [0.1, 0.15) is 32.8 Å². The van der Waals surface area contributed by atoms with Gasteiger partial charge in [0.25, 0.3) is 0 Å². The van der Waals surface area contributed by atoms with Crippen molar-refractivity contribution in [2.45, 2.75) is 38.6 Å². The summed E-state index contributed by atoms with van der Waals surface area (Å²) in [7, 11) is 0. The van der Waals surface area contributed by atoms with Gasteiger partial charge >= 0.3 is 0 Å². The number of anilines is 1. The van der Waals surface area contributed by atoms with Crippen molar-refractivity contribution in [2.75, 3.05) is 18.0 Å². The predicted octanol–water partition coefficient (Wildman–Crippen LogP) is 2.52. The highest BCUT2D eigenvalue weighted by Gasteiger charge is 2.25. The van der Waals surface area contributed by atoms with Crippen molar-refractivity contribution in [2.24, 2.45) is 5.73 Å². The Morgan fingerprint density at radius 3 is 2.50 bits per heavy atom. The molecule has 2 heteroatoms. The molecule has 0 bridgehead atoms. The zero-order valence-electron chi connectivity index (χ0n) is 10.5. The van der Waals surface area contributed by atoms with E-state index in [-0.39, 0.29) is 5.41 Å². The first kappa shape index (κ1) is 11.5. The van der Waals surface area contributed by atoms with Gasteiger partial charge in [-0.2, -0.15) is 0 Å². The Bertz CT molecular complexity index is 365. The molecule has 1 aromatic rings. The standard InChI is InChI=1S/C14H22N2/c1-14(2,3)12-6-4-5-7-13(12)16-9-8-11(15)10-16/h4-7,11H,8-10,15H2,1-3H3. The molecule has 2 nitrogen and oxygen atoms in total. The Morgan fingerprint density at radius 1 is 1.25 bits per heavy atom. The van der Waals surface area contributed by atoms with Gasteiger partial charge in [-0.3, -0.25) is 0 Å². The van der Waals surface area contributed by atoms with Gasteiger partial charge in [-0.25, -0.2) is 0 Å². The Labute approximate surface area is 98.4 Å². The zero-order chi connectivity index (χ0) is 11.8.